The zero-order chi connectivity index (χ0) is 14.0. The van der Waals surface area contributed by atoms with Crippen LogP contribution in [0, 0.1) is 6.92 Å². The second-order valence-electron chi connectivity index (χ2n) is 4.04. The van der Waals surface area contributed by atoms with Crippen LogP contribution in [-0.2, 0) is 6.42 Å². The molecule has 0 aliphatic heterocycles. The number of aromatic nitrogens is 2. The van der Waals surface area contributed by atoms with Gasteiger partial charge in [0, 0.05) is 4.47 Å². The Kier molecular flexibility index (Phi) is 5.91. The number of anilines is 2. The van der Waals surface area contributed by atoms with Crippen LogP contribution < -0.4 is 11.1 Å². The van der Waals surface area contributed by atoms with E-state index in [1.54, 1.807) is 6.07 Å². The van der Waals surface area contributed by atoms with Gasteiger partial charge in [0.2, 0.25) is 0 Å². The van der Waals surface area contributed by atoms with Crippen LogP contribution in [0.15, 0.2) is 16.6 Å². The van der Waals surface area contributed by atoms with Crippen molar-refractivity contribution in [2.75, 3.05) is 11.1 Å². The first kappa shape index (κ1) is 16.9. The van der Waals surface area contributed by atoms with Gasteiger partial charge in [-0.25, -0.2) is 0 Å². The first-order chi connectivity index (χ1) is 9.02. The molecule has 8 heteroatoms. The summed E-state index contributed by atoms with van der Waals surface area (Å²) in [5.74, 6) is -0.226. The molecule has 0 spiro atoms. The normalized spacial score (nSPS) is 9.95. The minimum absolute atomic E-state index is 0. The predicted molar refractivity (Wildman–Crippen MR) is 87.8 cm³/mol. The molecule has 2 aromatic rings. The topological polar surface area (TPSA) is 80.9 Å². The van der Waals surface area contributed by atoms with Gasteiger partial charge in [-0.1, -0.05) is 27.3 Å². The Labute approximate surface area is 135 Å². The standard InChI is InChI=1S/C12H13BrN4OS.ClH/c1-3-8-11(19-17-16-8)12(18)15-9-5-7(13)4-6(2)10(9)14;/h4-5H,3,14H2,1-2H3,(H,15,18);1H. The monoisotopic (exact) mass is 376 g/mol. The van der Waals surface area contributed by atoms with Gasteiger partial charge in [0.1, 0.15) is 4.88 Å². The SMILES string of the molecule is CCc1nnsc1C(=O)Nc1cc(Br)cc(C)c1N.Cl. The van der Waals surface area contributed by atoms with E-state index in [1.807, 2.05) is 19.9 Å². The number of halogens is 2. The van der Waals surface area contributed by atoms with Gasteiger partial charge in [0.05, 0.1) is 17.1 Å². The minimum atomic E-state index is -0.226. The molecule has 0 aliphatic carbocycles. The number of nitrogens with zero attached hydrogens (tertiary/aromatic N) is 2. The summed E-state index contributed by atoms with van der Waals surface area (Å²) in [5, 5.41) is 6.73. The van der Waals surface area contributed by atoms with Crippen molar-refractivity contribution in [3.8, 4) is 0 Å². The predicted octanol–water partition coefficient (Wildman–Crippen LogP) is 3.43. The fourth-order valence-electron chi connectivity index (χ4n) is 1.65. The van der Waals surface area contributed by atoms with Gasteiger partial charge < -0.3 is 11.1 Å². The van der Waals surface area contributed by atoms with Gasteiger partial charge in [-0.05, 0) is 42.6 Å². The lowest BCUT2D eigenvalue weighted by atomic mass is 10.1. The van der Waals surface area contributed by atoms with E-state index in [-0.39, 0.29) is 18.3 Å². The zero-order valence-corrected chi connectivity index (χ0v) is 14.2. The van der Waals surface area contributed by atoms with Crippen molar-refractivity contribution in [3.63, 3.8) is 0 Å². The Morgan fingerprint density at radius 3 is 2.85 bits per heavy atom. The molecule has 108 valence electrons. The van der Waals surface area contributed by atoms with E-state index in [0.29, 0.717) is 28.4 Å². The molecule has 0 radical (unpaired) electrons. The van der Waals surface area contributed by atoms with Crippen molar-refractivity contribution >= 4 is 57.2 Å². The number of nitrogen functional groups attached to an aromatic ring is 1. The van der Waals surface area contributed by atoms with Gasteiger partial charge in [0.25, 0.3) is 5.91 Å². The Hall–Kier alpha value is -1.18. The minimum Gasteiger partial charge on any atom is -0.397 e. The largest absolute Gasteiger partial charge is 0.397 e. The van der Waals surface area contributed by atoms with Crippen molar-refractivity contribution < 1.29 is 4.79 Å². The lowest BCUT2D eigenvalue weighted by molar-refractivity contribution is 0.102. The molecule has 20 heavy (non-hydrogen) atoms. The van der Waals surface area contributed by atoms with Crippen molar-refractivity contribution in [3.05, 3.63) is 32.7 Å². The summed E-state index contributed by atoms with van der Waals surface area (Å²) in [4.78, 5) is 12.7. The molecule has 3 N–H and O–H groups in total. The third-order valence-corrected chi connectivity index (χ3v) is 3.92. The number of nitrogens with one attached hydrogen (secondary N) is 1. The summed E-state index contributed by atoms with van der Waals surface area (Å²) < 4.78 is 4.67. The summed E-state index contributed by atoms with van der Waals surface area (Å²) in [7, 11) is 0. The van der Waals surface area contributed by atoms with Gasteiger partial charge in [-0.3, -0.25) is 4.79 Å². The number of carbonyl (C=O) groups excluding carboxylic acids is 1. The van der Waals surface area contributed by atoms with E-state index >= 15 is 0 Å². The summed E-state index contributed by atoms with van der Waals surface area (Å²) in [5.41, 5.74) is 8.72. The first-order valence-corrected chi connectivity index (χ1v) is 7.27. The van der Waals surface area contributed by atoms with E-state index in [0.717, 1.165) is 21.6 Å². The van der Waals surface area contributed by atoms with Crippen LogP contribution in [0.1, 0.15) is 27.9 Å². The third-order valence-electron chi connectivity index (χ3n) is 2.70. The Morgan fingerprint density at radius 2 is 2.20 bits per heavy atom. The number of hydrogen-bond donors (Lipinski definition) is 2. The summed E-state index contributed by atoms with van der Waals surface area (Å²) >= 11 is 4.48. The van der Waals surface area contributed by atoms with Crippen LogP contribution in [0.25, 0.3) is 0 Å². The molecule has 0 saturated heterocycles. The quantitative estimate of drug-likeness (QED) is 0.803. The molecule has 0 saturated carbocycles. The number of aryl methyl sites for hydroxylation is 2. The van der Waals surface area contributed by atoms with E-state index in [9.17, 15) is 4.79 Å². The Bertz CT molecular complexity index is 632. The molecule has 0 aliphatic rings. The molecule has 5 nitrogen and oxygen atoms in total. The van der Waals surface area contributed by atoms with Crippen LogP contribution in [0.2, 0.25) is 0 Å². The van der Waals surface area contributed by atoms with Crippen molar-refractivity contribution in [2.45, 2.75) is 20.3 Å². The van der Waals surface area contributed by atoms with Crippen molar-refractivity contribution in [2.24, 2.45) is 0 Å². The van der Waals surface area contributed by atoms with Crippen LogP contribution in [0.3, 0.4) is 0 Å². The van der Waals surface area contributed by atoms with Crippen LogP contribution in [-0.4, -0.2) is 15.5 Å². The molecule has 0 fully saturated rings. The highest BCUT2D eigenvalue weighted by Gasteiger charge is 2.16. The van der Waals surface area contributed by atoms with Gasteiger partial charge >= 0.3 is 0 Å². The number of benzene rings is 1. The second-order valence-corrected chi connectivity index (χ2v) is 5.71. The summed E-state index contributed by atoms with van der Waals surface area (Å²) in [6, 6.07) is 3.68. The second kappa shape index (κ2) is 7.01. The fourth-order valence-corrected chi connectivity index (χ4v) is 2.87. The Morgan fingerprint density at radius 1 is 1.50 bits per heavy atom. The average molecular weight is 378 g/mol. The average Bonchev–Trinajstić information content (AvgIpc) is 2.83. The number of nitrogens with two attached hydrogens (primary N) is 1. The van der Waals surface area contributed by atoms with Crippen LogP contribution in [0.4, 0.5) is 11.4 Å². The van der Waals surface area contributed by atoms with E-state index in [2.05, 4.69) is 30.8 Å². The van der Waals surface area contributed by atoms with Crippen LogP contribution >= 0.6 is 39.9 Å². The zero-order valence-electron chi connectivity index (χ0n) is 10.9. The highest BCUT2D eigenvalue weighted by atomic mass is 79.9. The highest BCUT2D eigenvalue weighted by Crippen LogP contribution is 2.28. The third kappa shape index (κ3) is 3.47. The number of amides is 1. The maximum absolute atomic E-state index is 12.2. The molecule has 1 aromatic carbocycles. The highest BCUT2D eigenvalue weighted by molar-refractivity contribution is 9.10. The maximum atomic E-state index is 12.2. The van der Waals surface area contributed by atoms with Gasteiger partial charge in [0.15, 0.2) is 0 Å². The first-order valence-electron chi connectivity index (χ1n) is 5.71. The molecule has 2 rings (SSSR count). The summed E-state index contributed by atoms with van der Waals surface area (Å²) in [6.45, 7) is 3.83. The number of rotatable bonds is 3. The number of hydrogen-bond acceptors (Lipinski definition) is 5. The molecular weight excluding hydrogens is 364 g/mol. The maximum Gasteiger partial charge on any atom is 0.269 e. The fraction of sp³-hybridized carbons (Fsp3) is 0.250. The molecular formula is C12H14BrClN4OS. The molecule has 0 unspecified atom stereocenters. The van der Waals surface area contributed by atoms with Gasteiger partial charge in [-0.2, -0.15) is 0 Å². The number of carbonyl (C=O) groups is 1. The van der Waals surface area contributed by atoms with E-state index in [1.165, 1.54) is 0 Å². The molecule has 1 aromatic heterocycles. The van der Waals surface area contributed by atoms with Gasteiger partial charge in [-0.15, -0.1) is 17.5 Å². The Balaban J connectivity index is 0.00000200. The lowest BCUT2D eigenvalue weighted by Gasteiger charge is -2.10. The van der Waals surface area contributed by atoms with E-state index in [4.69, 9.17) is 5.73 Å². The van der Waals surface area contributed by atoms with Crippen molar-refractivity contribution in [1.82, 2.24) is 9.59 Å². The molecule has 0 atom stereocenters. The van der Waals surface area contributed by atoms with Crippen molar-refractivity contribution in [1.29, 1.82) is 0 Å². The smallest absolute Gasteiger partial charge is 0.269 e. The van der Waals surface area contributed by atoms with Crippen LogP contribution in [0.5, 0.6) is 0 Å². The summed E-state index contributed by atoms with van der Waals surface area (Å²) in [6.07, 6.45) is 0.673. The molecule has 1 amide bonds. The molecule has 1 heterocycles. The molecule has 0 bridgehead atoms. The van der Waals surface area contributed by atoms with E-state index < -0.39 is 0 Å². The lowest BCUT2D eigenvalue weighted by Crippen LogP contribution is -2.14.